The summed E-state index contributed by atoms with van der Waals surface area (Å²) in [6, 6.07) is 7.26. The number of nitrogens with zero attached hydrogens (tertiary/aromatic N) is 1. The van der Waals surface area contributed by atoms with Gasteiger partial charge in [-0.3, -0.25) is 0 Å². The van der Waals surface area contributed by atoms with Crippen molar-refractivity contribution in [3.63, 3.8) is 0 Å². The van der Waals surface area contributed by atoms with Crippen LogP contribution < -0.4 is 4.74 Å². The molecule has 0 bridgehead atoms. The summed E-state index contributed by atoms with van der Waals surface area (Å²) in [6.45, 7) is 0. The average molecular weight is 235 g/mol. The first kappa shape index (κ1) is 11.3. The number of nitriles is 1. The fraction of sp³-hybridized carbons (Fsp3) is 0.385. The van der Waals surface area contributed by atoms with Crippen LogP contribution >= 0.6 is 11.6 Å². The zero-order valence-electron chi connectivity index (χ0n) is 8.95. The minimum atomic E-state index is 0.286. The zero-order valence-corrected chi connectivity index (χ0v) is 9.70. The van der Waals surface area contributed by atoms with Gasteiger partial charge in [-0.2, -0.15) is 5.26 Å². The maximum atomic E-state index is 8.75. The van der Waals surface area contributed by atoms with Crippen molar-refractivity contribution in [2.45, 2.75) is 31.8 Å². The highest BCUT2D eigenvalue weighted by atomic mass is 35.5. The molecule has 0 aromatic heterocycles. The van der Waals surface area contributed by atoms with Gasteiger partial charge in [-0.15, -0.1) is 0 Å². The monoisotopic (exact) mass is 234 g/mol. The molecule has 1 saturated carbocycles. The average Bonchev–Trinajstić information content (AvgIpc) is 2.31. The Balaban J connectivity index is 2.04. The van der Waals surface area contributed by atoms with Crippen LogP contribution in [0.4, 0.5) is 0 Å². The van der Waals surface area contributed by atoms with Crippen molar-refractivity contribution in [3.8, 4) is 11.8 Å². The first-order valence-electron chi connectivity index (χ1n) is 5.47. The van der Waals surface area contributed by atoms with Crippen molar-refractivity contribution < 1.29 is 4.74 Å². The Hall–Kier alpha value is -1.20. The summed E-state index contributed by atoms with van der Waals surface area (Å²) in [4.78, 5) is 0. The van der Waals surface area contributed by atoms with Crippen LogP contribution in [0, 0.1) is 17.8 Å². The Kier molecular flexibility index (Phi) is 3.69. The van der Waals surface area contributed by atoms with Crippen LogP contribution in [0.25, 0.3) is 0 Å². The molecule has 0 unspecified atom stereocenters. The molecule has 0 saturated heterocycles. The van der Waals surface area contributed by atoms with Crippen molar-refractivity contribution in [2.24, 2.45) is 0 Å². The van der Waals surface area contributed by atoms with Gasteiger partial charge >= 0.3 is 0 Å². The molecule has 0 amide bonds. The lowest BCUT2D eigenvalue weighted by Crippen LogP contribution is -2.19. The third-order valence-electron chi connectivity index (χ3n) is 2.75. The van der Waals surface area contributed by atoms with Crippen molar-refractivity contribution in [2.75, 3.05) is 0 Å². The molecule has 1 aliphatic carbocycles. The standard InChI is InChI=1S/C13H13ClNO/c14-13-8-12(7-6-10(13)9-15)16-11-4-2-1-3-5-11/h1,6-8,11H,2-5H2. The zero-order chi connectivity index (χ0) is 11.4. The summed E-state index contributed by atoms with van der Waals surface area (Å²) in [6.07, 6.45) is 6.96. The van der Waals surface area contributed by atoms with Crippen molar-refractivity contribution in [1.82, 2.24) is 0 Å². The second-order valence-electron chi connectivity index (χ2n) is 3.94. The predicted octanol–water partition coefficient (Wildman–Crippen LogP) is 3.74. The van der Waals surface area contributed by atoms with E-state index in [0.29, 0.717) is 10.6 Å². The van der Waals surface area contributed by atoms with E-state index in [2.05, 4.69) is 6.42 Å². The molecule has 0 spiro atoms. The molecule has 1 aliphatic rings. The highest BCUT2D eigenvalue weighted by molar-refractivity contribution is 6.31. The predicted molar refractivity (Wildman–Crippen MR) is 63.4 cm³/mol. The summed E-state index contributed by atoms with van der Waals surface area (Å²) in [5, 5.41) is 9.21. The van der Waals surface area contributed by atoms with Gasteiger partial charge in [0.25, 0.3) is 0 Å². The molecule has 0 atom stereocenters. The first-order chi connectivity index (χ1) is 7.79. The van der Waals surface area contributed by atoms with Crippen LogP contribution in [-0.2, 0) is 0 Å². The fourth-order valence-electron chi connectivity index (χ4n) is 1.87. The summed E-state index contributed by atoms with van der Waals surface area (Å²) in [5.74, 6) is 0.760. The summed E-state index contributed by atoms with van der Waals surface area (Å²) in [5.41, 5.74) is 0.492. The smallest absolute Gasteiger partial charge is 0.121 e. The van der Waals surface area contributed by atoms with Gasteiger partial charge < -0.3 is 4.74 Å². The number of hydrogen-bond donors (Lipinski definition) is 0. The van der Waals surface area contributed by atoms with E-state index in [9.17, 15) is 0 Å². The molecule has 1 aromatic rings. The Morgan fingerprint density at radius 3 is 2.69 bits per heavy atom. The van der Waals surface area contributed by atoms with E-state index in [4.69, 9.17) is 21.6 Å². The third-order valence-corrected chi connectivity index (χ3v) is 3.06. The summed E-state index contributed by atoms with van der Waals surface area (Å²) < 4.78 is 5.82. The number of benzene rings is 1. The third kappa shape index (κ3) is 2.68. The van der Waals surface area contributed by atoms with Crippen molar-refractivity contribution >= 4 is 11.6 Å². The van der Waals surface area contributed by atoms with Gasteiger partial charge in [0.2, 0.25) is 0 Å². The molecule has 1 aromatic carbocycles. The SMILES string of the molecule is N#Cc1ccc(OC2CC[CH]CC2)cc1Cl. The van der Waals surface area contributed by atoms with Gasteiger partial charge in [-0.1, -0.05) is 11.6 Å². The molecule has 1 radical (unpaired) electrons. The topological polar surface area (TPSA) is 33.0 Å². The molecule has 2 nitrogen and oxygen atoms in total. The molecule has 1 fully saturated rings. The van der Waals surface area contributed by atoms with Crippen LogP contribution in [0.5, 0.6) is 5.75 Å². The van der Waals surface area contributed by atoms with Gasteiger partial charge in [0, 0.05) is 6.07 Å². The van der Waals surface area contributed by atoms with E-state index in [1.165, 1.54) is 0 Å². The Labute approximate surface area is 101 Å². The number of hydrogen-bond acceptors (Lipinski definition) is 2. The number of halogens is 1. The van der Waals surface area contributed by atoms with Gasteiger partial charge in [-0.25, -0.2) is 0 Å². The summed E-state index contributed by atoms with van der Waals surface area (Å²) >= 11 is 5.94. The second-order valence-corrected chi connectivity index (χ2v) is 4.34. The van der Waals surface area contributed by atoms with Crippen molar-refractivity contribution in [1.29, 1.82) is 5.26 Å². The number of rotatable bonds is 2. The first-order valence-corrected chi connectivity index (χ1v) is 5.85. The molecule has 16 heavy (non-hydrogen) atoms. The lowest BCUT2D eigenvalue weighted by Gasteiger charge is -2.22. The Morgan fingerprint density at radius 1 is 1.31 bits per heavy atom. The summed E-state index contributed by atoms with van der Waals surface area (Å²) in [7, 11) is 0. The molecular weight excluding hydrogens is 222 g/mol. The van der Waals surface area contributed by atoms with Crippen molar-refractivity contribution in [3.05, 3.63) is 35.2 Å². The molecule has 83 valence electrons. The largest absolute Gasteiger partial charge is 0.490 e. The molecule has 0 aliphatic heterocycles. The lowest BCUT2D eigenvalue weighted by atomic mass is 9.98. The number of ether oxygens (including phenoxy) is 1. The maximum absolute atomic E-state index is 8.75. The fourth-order valence-corrected chi connectivity index (χ4v) is 2.08. The van der Waals surface area contributed by atoms with Gasteiger partial charge in [0.1, 0.15) is 11.8 Å². The van der Waals surface area contributed by atoms with Crippen LogP contribution in [0.15, 0.2) is 18.2 Å². The molecule has 0 heterocycles. The lowest BCUT2D eigenvalue weighted by molar-refractivity contribution is 0.168. The molecule has 2 rings (SSSR count). The van der Waals surface area contributed by atoms with Crippen LogP contribution in [0.3, 0.4) is 0 Å². The van der Waals surface area contributed by atoms with Crippen LogP contribution in [0.2, 0.25) is 5.02 Å². The molecular formula is C13H13ClNO. The second kappa shape index (κ2) is 5.23. The van der Waals surface area contributed by atoms with E-state index < -0.39 is 0 Å². The van der Waals surface area contributed by atoms with E-state index in [1.54, 1.807) is 12.1 Å². The van der Waals surface area contributed by atoms with Gasteiger partial charge in [-0.05, 0) is 44.2 Å². The normalized spacial score (nSPS) is 16.8. The highest BCUT2D eigenvalue weighted by Crippen LogP contribution is 2.26. The quantitative estimate of drug-likeness (QED) is 0.781. The van der Waals surface area contributed by atoms with Crippen LogP contribution in [-0.4, -0.2) is 6.10 Å². The molecule has 0 N–H and O–H groups in total. The Morgan fingerprint density at radius 2 is 2.06 bits per heavy atom. The maximum Gasteiger partial charge on any atom is 0.121 e. The van der Waals surface area contributed by atoms with E-state index in [-0.39, 0.29) is 6.10 Å². The molecule has 3 heteroatoms. The van der Waals surface area contributed by atoms with E-state index in [0.717, 1.165) is 31.4 Å². The van der Waals surface area contributed by atoms with E-state index in [1.807, 2.05) is 12.1 Å². The van der Waals surface area contributed by atoms with Crippen LogP contribution in [0.1, 0.15) is 31.2 Å². The van der Waals surface area contributed by atoms with E-state index >= 15 is 0 Å². The van der Waals surface area contributed by atoms with Gasteiger partial charge in [0.15, 0.2) is 0 Å². The minimum absolute atomic E-state index is 0.286. The highest BCUT2D eigenvalue weighted by Gasteiger charge is 2.15. The van der Waals surface area contributed by atoms with Gasteiger partial charge in [0.05, 0.1) is 16.7 Å². The minimum Gasteiger partial charge on any atom is -0.490 e. The Bertz CT molecular complexity index is 405.